The third-order valence-corrected chi connectivity index (χ3v) is 3.79. The molecule has 4 heteroatoms. The molecule has 1 fully saturated rings. The van der Waals surface area contributed by atoms with E-state index in [-0.39, 0.29) is 11.9 Å². The minimum Gasteiger partial charge on any atom is -0.388 e. The molecule has 0 bridgehead atoms. The van der Waals surface area contributed by atoms with Crippen molar-refractivity contribution in [3.63, 3.8) is 0 Å². The molecule has 1 rings (SSSR count). The second-order valence-electron chi connectivity index (χ2n) is 5.56. The molecule has 100 valence electrons. The average Bonchev–Trinajstić information content (AvgIpc) is 2.31. The Labute approximate surface area is 104 Å². The molecule has 1 aliphatic rings. The Morgan fingerprint density at radius 2 is 2.12 bits per heavy atom. The van der Waals surface area contributed by atoms with Gasteiger partial charge in [-0.2, -0.15) is 0 Å². The van der Waals surface area contributed by atoms with Crippen molar-refractivity contribution in [3.8, 4) is 0 Å². The number of hydrogen-bond acceptors (Lipinski definition) is 3. The highest BCUT2D eigenvalue weighted by molar-refractivity contribution is 5.76. The highest BCUT2D eigenvalue weighted by atomic mass is 16.3. The van der Waals surface area contributed by atoms with E-state index in [9.17, 15) is 9.90 Å². The van der Waals surface area contributed by atoms with Gasteiger partial charge >= 0.3 is 0 Å². The van der Waals surface area contributed by atoms with Crippen LogP contribution in [0.1, 0.15) is 52.4 Å². The summed E-state index contributed by atoms with van der Waals surface area (Å²) in [5.74, 6) is 0.644. The fourth-order valence-electron chi connectivity index (χ4n) is 2.19. The van der Waals surface area contributed by atoms with Gasteiger partial charge in [0.05, 0.1) is 5.60 Å². The van der Waals surface area contributed by atoms with Crippen LogP contribution in [-0.4, -0.2) is 29.2 Å². The molecule has 0 aromatic heterocycles. The molecular formula is C13H26N2O2. The first-order chi connectivity index (χ1) is 7.95. The molecule has 4 N–H and O–H groups in total. The molecule has 1 saturated carbocycles. The van der Waals surface area contributed by atoms with Gasteiger partial charge in [-0.1, -0.05) is 13.8 Å². The zero-order chi connectivity index (χ0) is 12.9. The van der Waals surface area contributed by atoms with Crippen LogP contribution in [0.2, 0.25) is 0 Å². The van der Waals surface area contributed by atoms with Crippen LogP contribution in [0.4, 0.5) is 0 Å². The lowest BCUT2D eigenvalue weighted by Gasteiger charge is -2.35. The van der Waals surface area contributed by atoms with Gasteiger partial charge in [-0.25, -0.2) is 0 Å². The topological polar surface area (TPSA) is 75.4 Å². The summed E-state index contributed by atoms with van der Waals surface area (Å²) in [4.78, 5) is 11.6. The van der Waals surface area contributed by atoms with Crippen LogP contribution in [0.5, 0.6) is 0 Å². The van der Waals surface area contributed by atoms with Crippen molar-refractivity contribution in [2.75, 3.05) is 6.54 Å². The number of aliphatic hydroxyl groups is 1. The Morgan fingerprint density at radius 1 is 1.53 bits per heavy atom. The molecule has 0 aliphatic heterocycles. The number of rotatable bonds is 5. The minimum atomic E-state index is -0.696. The van der Waals surface area contributed by atoms with Gasteiger partial charge in [0.2, 0.25) is 5.91 Å². The number of carbonyl (C=O) groups is 1. The van der Waals surface area contributed by atoms with Crippen molar-refractivity contribution in [1.29, 1.82) is 0 Å². The van der Waals surface area contributed by atoms with Crippen molar-refractivity contribution >= 4 is 5.91 Å². The highest BCUT2D eigenvalue weighted by Crippen LogP contribution is 2.31. The largest absolute Gasteiger partial charge is 0.388 e. The molecule has 0 saturated heterocycles. The van der Waals surface area contributed by atoms with E-state index in [4.69, 9.17) is 5.73 Å². The summed E-state index contributed by atoms with van der Waals surface area (Å²) in [6.45, 7) is 4.54. The number of amides is 1. The Hall–Kier alpha value is -0.610. The lowest BCUT2D eigenvalue weighted by atomic mass is 9.79. The van der Waals surface area contributed by atoms with Gasteiger partial charge in [-0.3, -0.25) is 4.79 Å². The van der Waals surface area contributed by atoms with Gasteiger partial charge in [0.25, 0.3) is 0 Å². The van der Waals surface area contributed by atoms with Gasteiger partial charge in [0, 0.05) is 19.0 Å². The van der Waals surface area contributed by atoms with Gasteiger partial charge in [0.15, 0.2) is 0 Å². The molecular weight excluding hydrogens is 216 g/mol. The second kappa shape index (κ2) is 6.36. The maximum atomic E-state index is 11.6. The number of nitrogens with one attached hydrogen (secondary N) is 1. The van der Waals surface area contributed by atoms with Crippen molar-refractivity contribution in [3.05, 3.63) is 0 Å². The van der Waals surface area contributed by atoms with Crippen LogP contribution in [-0.2, 0) is 4.79 Å². The second-order valence-corrected chi connectivity index (χ2v) is 5.56. The van der Waals surface area contributed by atoms with Gasteiger partial charge in [-0.15, -0.1) is 0 Å². The maximum absolute atomic E-state index is 11.6. The van der Waals surface area contributed by atoms with E-state index in [2.05, 4.69) is 12.2 Å². The van der Waals surface area contributed by atoms with E-state index < -0.39 is 5.60 Å². The van der Waals surface area contributed by atoms with Gasteiger partial charge in [0.1, 0.15) is 0 Å². The van der Waals surface area contributed by atoms with E-state index in [1.165, 1.54) is 0 Å². The van der Waals surface area contributed by atoms with E-state index in [1.807, 2.05) is 6.92 Å². The molecule has 0 spiro atoms. The molecule has 0 heterocycles. The molecule has 0 aromatic rings. The smallest absolute Gasteiger partial charge is 0.221 e. The molecule has 1 aliphatic carbocycles. The lowest BCUT2D eigenvalue weighted by Crippen LogP contribution is -2.46. The van der Waals surface area contributed by atoms with Crippen LogP contribution in [0.25, 0.3) is 0 Å². The first-order valence-corrected chi connectivity index (χ1v) is 6.70. The predicted molar refractivity (Wildman–Crippen MR) is 68.5 cm³/mol. The van der Waals surface area contributed by atoms with Crippen LogP contribution < -0.4 is 11.1 Å². The Morgan fingerprint density at radius 3 is 2.65 bits per heavy atom. The summed E-state index contributed by atoms with van der Waals surface area (Å²) >= 11 is 0. The highest BCUT2D eigenvalue weighted by Gasteiger charge is 2.31. The zero-order valence-corrected chi connectivity index (χ0v) is 11.0. The molecule has 1 amide bonds. The first kappa shape index (κ1) is 14.5. The normalized spacial score (nSPS) is 30.9. The van der Waals surface area contributed by atoms with E-state index in [1.54, 1.807) is 0 Å². The molecule has 4 nitrogen and oxygen atoms in total. The van der Waals surface area contributed by atoms with Crippen molar-refractivity contribution in [2.45, 2.75) is 64.0 Å². The third kappa shape index (κ3) is 5.04. The summed E-state index contributed by atoms with van der Waals surface area (Å²) in [6, 6.07) is -0.0731. The third-order valence-electron chi connectivity index (χ3n) is 3.79. The number of nitrogens with two attached hydrogens (primary N) is 1. The monoisotopic (exact) mass is 242 g/mol. The predicted octanol–water partition coefficient (Wildman–Crippen LogP) is 1.17. The maximum Gasteiger partial charge on any atom is 0.221 e. The Bertz CT molecular complexity index is 248. The Kier molecular flexibility index (Phi) is 5.40. The van der Waals surface area contributed by atoms with Gasteiger partial charge < -0.3 is 16.2 Å². The van der Waals surface area contributed by atoms with Crippen LogP contribution in [0.15, 0.2) is 0 Å². The van der Waals surface area contributed by atoms with E-state index in [0.29, 0.717) is 18.9 Å². The summed E-state index contributed by atoms with van der Waals surface area (Å²) < 4.78 is 0. The summed E-state index contributed by atoms with van der Waals surface area (Å²) in [7, 11) is 0. The first-order valence-electron chi connectivity index (χ1n) is 6.70. The van der Waals surface area contributed by atoms with Crippen molar-refractivity contribution in [2.24, 2.45) is 11.7 Å². The zero-order valence-electron chi connectivity index (χ0n) is 11.0. The lowest BCUT2D eigenvalue weighted by molar-refractivity contribution is -0.123. The summed E-state index contributed by atoms with van der Waals surface area (Å²) in [6.07, 6.45) is 4.81. The average molecular weight is 242 g/mol. The molecule has 0 aromatic carbocycles. The molecule has 1 atom stereocenters. The van der Waals surface area contributed by atoms with Crippen LogP contribution in [0, 0.1) is 5.92 Å². The van der Waals surface area contributed by atoms with Crippen molar-refractivity contribution in [1.82, 2.24) is 5.32 Å². The molecule has 1 unspecified atom stereocenters. The number of carbonyl (C=O) groups excluding carboxylic acids is 1. The standard InChI is InChI=1S/C13H26N2O2/c1-3-11(14)8-12(16)15-9-13(17)6-4-10(2)5-7-13/h10-11,17H,3-9,14H2,1-2H3,(H,15,16). The van der Waals surface area contributed by atoms with Crippen LogP contribution in [0.3, 0.4) is 0 Å². The van der Waals surface area contributed by atoms with E-state index in [0.717, 1.165) is 32.1 Å². The SMILES string of the molecule is CCC(N)CC(=O)NCC1(O)CCC(C)CC1. The summed E-state index contributed by atoms with van der Waals surface area (Å²) in [5, 5.41) is 13.1. The molecule has 0 radical (unpaired) electrons. The fraction of sp³-hybridized carbons (Fsp3) is 0.923. The van der Waals surface area contributed by atoms with Gasteiger partial charge in [-0.05, 0) is 38.0 Å². The van der Waals surface area contributed by atoms with E-state index >= 15 is 0 Å². The number of hydrogen-bond donors (Lipinski definition) is 3. The Balaban J connectivity index is 2.27. The molecule has 17 heavy (non-hydrogen) atoms. The summed E-state index contributed by atoms with van der Waals surface area (Å²) in [5.41, 5.74) is 5.01. The van der Waals surface area contributed by atoms with Crippen LogP contribution >= 0.6 is 0 Å². The quantitative estimate of drug-likeness (QED) is 0.677. The van der Waals surface area contributed by atoms with Crippen molar-refractivity contribution < 1.29 is 9.90 Å². The minimum absolute atomic E-state index is 0.0496. The fourth-order valence-corrected chi connectivity index (χ4v) is 2.19.